The van der Waals surface area contributed by atoms with E-state index in [2.05, 4.69) is 11.8 Å². The molecule has 1 aromatic rings. The molecule has 1 aliphatic heterocycles. The van der Waals surface area contributed by atoms with Crippen LogP contribution in [-0.4, -0.2) is 42.8 Å². The number of aliphatic carboxylic acids is 1. The summed E-state index contributed by atoms with van der Waals surface area (Å²) < 4.78 is 10.7. The summed E-state index contributed by atoms with van der Waals surface area (Å²) in [5, 5.41) is 9.27. The van der Waals surface area contributed by atoms with Crippen molar-refractivity contribution in [1.82, 2.24) is 4.90 Å². The third-order valence-electron chi connectivity index (χ3n) is 4.51. The van der Waals surface area contributed by atoms with Gasteiger partial charge in [0.05, 0.1) is 20.1 Å². The van der Waals surface area contributed by atoms with Crippen LogP contribution in [0.15, 0.2) is 18.2 Å². The van der Waals surface area contributed by atoms with Crippen molar-refractivity contribution in [2.24, 2.45) is 5.92 Å². The molecule has 1 aliphatic rings. The van der Waals surface area contributed by atoms with E-state index in [1.165, 1.54) is 0 Å². The average Bonchev–Trinajstić information content (AvgIpc) is 2.87. The molecule has 116 valence electrons. The van der Waals surface area contributed by atoms with Crippen LogP contribution in [0.25, 0.3) is 0 Å². The maximum Gasteiger partial charge on any atom is 0.308 e. The molecule has 0 spiro atoms. The second-order valence-corrected chi connectivity index (χ2v) is 5.50. The van der Waals surface area contributed by atoms with E-state index in [1.54, 1.807) is 14.2 Å². The molecule has 0 amide bonds. The molecule has 3 atom stereocenters. The van der Waals surface area contributed by atoms with E-state index in [0.29, 0.717) is 6.42 Å². The minimum absolute atomic E-state index is 0.00778. The fraction of sp³-hybridized carbons (Fsp3) is 0.562. The standard InChI is InChI=1S/C16H23NO4/c1-10-13(16(18)19)7-8-17(10)11(2)14-9-12(20-3)5-6-15(14)21-4/h5-6,9-11,13H,7-8H2,1-4H3,(H,18,19). The zero-order chi connectivity index (χ0) is 15.6. The molecule has 0 radical (unpaired) electrons. The van der Waals surface area contributed by atoms with Gasteiger partial charge in [-0.3, -0.25) is 9.69 Å². The molecule has 3 unspecified atom stereocenters. The molecule has 21 heavy (non-hydrogen) atoms. The van der Waals surface area contributed by atoms with Gasteiger partial charge in [0.25, 0.3) is 0 Å². The SMILES string of the molecule is COc1ccc(OC)c(C(C)N2CCC(C(=O)O)C2C)c1. The van der Waals surface area contributed by atoms with Crippen molar-refractivity contribution in [3.05, 3.63) is 23.8 Å². The van der Waals surface area contributed by atoms with Crippen molar-refractivity contribution in [1.29, 1.82) is 0 Å². The largest absolute Gasteiger partial charge is 0.497 e. The first-order chi connectivity index (χ1) is 9.99. The Bertz CT molecular complexity index is 517. The number of carbonyl (C=O) groups is 1. The lowest BCUT2D eigenvalue weighted by atomic mass is 10.0. The van der Waals surface area contributed by atoms with Crippen molar-refractivity contribution < 1.29 is 19.4 Å². The van der Waals surface area contributed by atoms with E-state index >= 15 is 0 Å². The highest BCUT2D eigenvalue weighted by Gasteiger charge is 2.38. The Morgan fingerprint density at radius 2 is 2.10 bits per heavy atom. The molecular formula is C16H23NO4. The van der Waals surface area contributed by atoms with E-state index in [-0.39, 0.29) is 18.0 Å². The predicted molar refractivity (Wildman–Crippen MR) is 79.9 cm³/mol. The van der Waals surface area contributed by atoms with Gasteiger partial charge in [-0.05, 0) is 45.0 Å². The molecule has 5 nitrogen and oxygen atoms in total. The molecule has 0 aliphatic carbocycles. The normalized spacial score (nSPS) is 23.8. The Balaban J connectivity index is 2.27. The summed E-state index contributed by atoms with van der Waals surface area (Å²) in [5.41, 5.74) is 1.02. The van der Waals surface area contributed by atoms with E-state index < -0.39 is 5.97 Å². The minimum atomic E-state index is -0.713. The fourth-order valence-corrected chi connectivity index (χ4v) is 3.18. The number of nitrogens with zero attached hydrogens (tertiary/aromatic N) is 1. The summed E-state index contributed by atoms with van der Waals surface area (Å²) in [7, 11) is 3.28. The quantitative estimate of drug-likeness (QED) is 0.904. The van der Waals surface area contributed by atoms with Gasteiger partial charge in [-0.25, -0.2) is 0 Å². The molecular weight excluding hydrogens is 270 g/mol. The van der Waals surface area contributed by atoms with Crippen LogP contribution in [0.5, 0.6) is 11.5 Å². The monoisotopic (exact) mass is 293 g/mol. The summed E-state index contributed by atoms with van der Waals surface area (Å²) in [5.74, 6) is 0.562. The molecule has 0 bridgehead atoms. The lowest BCUT2D eigenvalue weighted by Crippen LogP contribution is -2.35. The van der Waals surface area contributed by atoms with Gasteiger partial charge in [0.1, 0.15) is 11.5 Å². The number of rotatable bonds is 5. The van der Waals surface area contributed by atoms with Gasteiger partial charge >= 0.3 is 5.97 Å². The summed E-state index contributed by atoms with van der Waals surface area (Å²) in [6.45, 7) is 4.84. The fourth-order valence-electron chi connectivity index (χ4n) is 3.18. The topological polar surface area (TPSA) is 59.0 Å². The van der Waals surface area contributed by atoms with Crippen LogP contribution >= 0.6 is 0 Å². The average molecular weight is 293 g/mol. The summed E-state index contributed by atoms with van der Waals surface area (Å²) in [6.07, 6.45) is 0.688. The first kappa shape index (κ1) is 15.6. The molecule has 0 aromatic heterocycles. The molecule has 1 saturated heterocycles. The molecule has 1 N–H and O–H groups in total. The third-order valence-corrected chi connectivity index (χ3v) is 4.51. The highest BCUT2D eigenvalue weighted by atomic mass is 16.5. The molecule has 2 rings (SSSR count). The number of methoxy groups -OCH3 is 2. The van der Waals surface area contributed by atoms with Crippen LogP contribution in [-0.2, 0) is 4.79 Å². The summed E-state index contributed by atoms with van der Waals surface area (Å²) >= 11 is 0. The lowest BCUT2D eigenvalue weighted by molar-refractivity contribution is -0.142. The molecule has 5 heteroatoms. The third kappa shape index (κ3) is 2.97. The van der Waals surface area contributed by atoms with E-state index in [1.807, 2.05) is 25.1 Å². The van der Waals surface area contributed by atoms with Gasteiger partial charge in [0.2, 0.25) is 0 Å². The van der Waals surface area contributed by atoms with Crippen molar-refractivity contribution >= 4 is 5.97 Å². The smallest absolute Gasteiger partial charge is 0.308 e. The first-order valence-corrected chi connectivity index (χ1v) is 7.20. The van der Waals surface area contributed by atoms with E-state index in [4.69, 9.17) is 9.47 Å². The van der Waals surface area contributed by atoms with Gasteiger partial charge in [-0.2, -0.15) is 0 Å². The second-order valence-electron chi connectivity index (χ2n) is 5.50. The molecule has 1 heterocycles. The molecule has 1 aromatic carbocycles. The van der Waals surface area contributed by atoms with Crippen molar-refractivity contribution in [3.63, 3.8) is 0 Å². The zero-order valence-electron chi connectivity index (χ0n) is 13.0. The molecule has 0 saturated carbocycles. The van der Waals surface area contributed by atoms with Crippen LogP contribution in [0.1, 0.15) is 31.9 Å². The number of ether oxygens (including phenoxy) is 2. The second kappa shape index (κ2) is 6.35. The predicted octanol–water partition coefficient (Wildman–Crippen LogP) is 2.56. The van der Waals surface area contributed by atoms with Crippen molar-refractivity contribution in [2.75, 3.05) is 20.8 Å². The Morgan fingerprint density at radius 1 is 1.38 bits per heavy atom. The van der Waals surface area contributed by atoms with E-state index in [9.17, 15) is 9.90 Å². The van der Waals surface area contributed by atoms with Crippen molar-refractivity contribution in [2.45, 2.75) is 32.4 Å². The summed E-state index contributed by atoms with van der Waals surface area (Å²) in [4.78, 5) is 13.5. The van der Waals surface area contributed by atoms with Gasteiger partial charge in [-0.1, -0.05) is 0 Å². The Hall–Kier alpha value is -1.75. The van der Waals surface area contributed by atoms with Crippen LogP contribution in [0.4, 0.5) is 0 Å². The van der Waals surface area contributed by atoms with Gasteiger partial charge in [0, 0.05) is 17.6 Å². The molecule has 1 fully saturated rings. The number of hydrogen-bond acceptors (Lipinski definition) is 4. The maximum absolute atomic E-state index is 11.3. The van der Waals surface area contributed by atoms with Crippen molar-refractivity contribution in [3.8, 4) is 11.5 Å². The maximum atomic E-state index is 11.3. The number of carboxylic acids is 1. The van der Waals surface area contributed by atoms with E-state index in [0.717, 1.165) is 23.6 Å². The van der Waals surface area contributed by atoms with Crippen LogP contribution in [0, 0.1) is 5.92 Å². The van der Waals surface area contributed by atoms with Crippen LogP contribution < -0.4 is 9.47 Å². The number of hydrogen-bond donors (Lipinski definition) is 1. The number of likely N-dealkylation sites (tertiary alicyclic amines) is 1. The zero-order valence-corrected chi connectivity index (χ0v) is 13.0. The lowest BCUT2D eigenvalue weighted by Gasteiger charge is -2.31. The minimum Gasteiger partial charge on any atom is -0.497 e. The van der Waals surface area contributed by atoms with Crippen LogP contribution in [0.2, 0.25) is 0 Å². The Kier molecular flexibility index (Phi) is 4.73. The highest BCUT2D eigenvalue weighted by molar-refractivity contribution is 5.71. The first-order valence-electron chi connectivity index (χ1n) is 7.20. The number of benzene rings is 1. The van der Waals surface area contributed by atoms with Crippen LogP contribution in [0.3, 0.4) is 0 Å². The number of carboxylic acid groups (broad SMARTS) is 1. The van der Waals surface area contributed by atoms with Gasteiger partial charge in [-0.15, -0.1) is 0 Å². The van der Waals surface area contributed by atoms with Gasteiger partial charge in [0.15, 0.2) is 0 Å². The highest BCUT2D eigenvalue weighted by Crippen LogP contribution is 2.37. The Morgan fingerprint density at radius 3 is 2.62 bits per heavy atom. The van der Waals surface area contributed by atoms with Gasteiger partial charge < -0.3 is 14.6 Å². The summed E-state index contributed by atoms with van der Waals surface area (Å²) in [6, 6.07) is 5.80. The Labute approximate surface area is 125 Å².